The molecule has 0 aliphatic carbocycles. The van der Waals surface area contributed by atoms with Crippen molar-refractivity contribution in [3.8, 4) is 0 Å². The topological polar surface area (TPSA) is 71.8 Å². The number of nitrogens with one attached hydrogen (secondary N) is 1. The zero-order chi connectivity index (χ0) is 13.0. The van der Waals surface area contributed by atoms with Crippen LogP contribution in [0.3, 0.4) is 0 Å². The van der Waals surface area contributed by atoms with E-state index in [0.717, 1.165) is 0 Å². The number of nitrogens with zero attached hydrogens (tertiary/aromatic N) is 1. The van der Waals surface area contributed by atoms with Gasteiger partial charge in [0, 0.05) is 19.7 Å². The Morgan fingerprint density at radius 2 is 2.17 bits per heavy atom. The Balaban J connectivity index is 2.17. The first-order valence-electron chi connectivity index (χ1n) is 5.96. The van der Waals surface area contributed by atoms with Crippen molar-refractivity contribution < 1.29 is 17.6 Å². The van der Waals surface area contributed by atoms with Gasteiger partial charge in [-0.2, -0.15) is 4.31 Å². The van der Waals surface area contributed by atoms with E-state index in [1.54, 1.807) is 13.1 Å². The summed E-state index contributed by atoms with van der Waals surface area (Å²) in [6.07, 6.45) is 0.712. The minimum atomic E-state index is -3.52. The molecule has 0 unspecified atom stereocenters. The molecule has 2 rings (SSSR count). The predicted molar refractivity (Wildman–Crippen MR) is 65.7 cm³/mol. The van der Waals surface area contributed by atoms with Crippen LogP contribution in [0.4, 0.5) is 0 Å². The Morgan fingerprint density at radius 3 is 2.94 bits per heavy atom. The minimum absolute atomic E-state index is 0.00894. The number of furan rings is 1. The second-order valence-corrected chi connectivity index (χ2v) is 5.99. The van der Waals surface area contributed by atoms with E-state index in [9.17, 15) is 8.42 Å². The molecule has 102 valence electrons. The summed E-state index contributed by atoms with van der Waals surface area (Å²) < 4.78 is 36.6. The quantitative estimate of drug-likeness (QED) is 0.861. The maximum Gasteiger partial charge on any atom is 0.276 e. The maximum atomic E-state index is 12.3. The monoisotopic (exact) mass is 274 g/mol. The minimum Gasteiger partial charge on any atom is -0.447 e. The van der Waals surface area contributed by atoms with Crippen molar-refractivity contribution in [2.75, 3.05) is 33.4 Å². The molecule has 0 spiro atoms. The van der Waals surface area contributed by atoms with Gasteiger partial charge in [0.05, 0.1) is 13.2 Å². The molecule has 1 N–H and O–H groups in total. The predicted octanol–water partition coefficient (Wildman–Crippen LogP) is 0.410. The fourth-order valence-electron chi connectivity index (χ4n) is 1.86. The fourth-order valence-corrected chi connectivity index (χ4v) is 3.25. The molecule has 1 aliphatic heterocycles. The highest BCUT2D eigenvalue weighted by Crippen LogP contribution is 2.19. The van der Waals surface area contributed by atoms with Crippen molar-refractivity contribution in [2.45, 2.75) is 18.1 Å². The average Bonchev–Trinajstić information content (AvgIpc) is 2.65. The molecule has 1 aromatic rings. The molecular weight excluding hydrogens is 256 g/mol. The number of hydrogen-bond donors (Lipinski definition) is 1. The zero-order valence-corrected chi connectivity index (χ0v) is 11.2. The molecule has 0 radical (unpaired) electrons. The summed E-state index contributed by atoms with van der Waals surface area (Å²) in [4.78, 5) is 0. The third kappa shape index (κ3) is 2.92. The first kappa shape index (κ1) is 13.5. The second kappa shape index (κ2) is 5.83. The van der Waals surface area contributed by atoms with E-state index < -0.39 is 10.0 Å². The van der Waals surface area contributed by atoms with Crippen LogP contribution in [-0.4, -0.2) is 46.1 Å². The third-order valence-corrected chi connectivity index (χ3v) is 4.54. The SMILES string of the molecule is CNCc1ccc(S(=O)(=O)N2CCCOCC2)o1. The molecule has 1 saturated heterocycles. The molecule has 1 fully saturated rings. The number of rotatable bonds is 4. The Bertz CT molecular complexity index is 475. The van der Waals surface area contributed by atoms with Gasteiger partial charge in [0.25, 0.3) is 10.0 Å². The summed E-state index contributed by atoms with van der Waals surface area (Å²) in [6, 6.07) is 3.19. The number of sulfonamides is 1. The van der Waals surface area contributed by atoms with Gasteiger partial charge in [-0.1, -0.05) is 0 Å². The van der Waals surface area contributed by atoms with Gasteiger partial charge in [-0.3, -0.25) is 0 Å². The summed E-state index contributed by atoms with van der Waals surface area (Å²) in [6.45, 7) is 2.41. The van der Waals surface area contributed by atoms with E-state index >= 15 is 0 Å². The van der Waals surface area contributed by atoms with Gasteiger partial charge >= 0.3 is 0 Å². The van der Waals surface area contributed by atoms with Crippen molar-refractivity contribution in [1.82, 2.24) is 9.62 Å². The molecule has 1 aromatic heterocycles. The van der Waals surface area contributed by atoms with E-state index in [4.69, 9.17) is 9.15 Å². The van der Waals surface area contributed by atoms with E-state index in [-0.39, 0.29) is 5.09 Å². The van der Waals surface area contributed by atoms with Crippen LogP contribution in [-0.2, 0) is 21.3 Å². The lowest BCUT2D eigenvalue weighted by Gasteiger charge is -2.17. The molecule has 1 aliphatic rings. The van der Waals surface area contributed by atoms with E-state index in [1.807, 2.05) is 0 Å². The standard InChI is InChI=1S/C11H18N2O4S/c1-12-9-10-3-4-11(17-10)18(14,15)13-5-2-7-16-8-6-13/h3-4,12H,2,5-9H2,1H3. The molecule has 0 bridgehead atoms. The van der Waals surface area contributed by atoms with Gasteiger partial charge in [-0.05, 0) is 25.6 Å². The first-order chi connectivity index (χ1) is 8.64. The van der Waals surface area contributed by atoms with Crippen LogP contribution in [0.15, 0.2) is 21.6 Å². The average molecular weight is 274 g/mol. The number of ether oxygens (including phenoxy) is 1. The summed E-state index contributed by atoms with van der Waals surface area (Å²) in [5.74, 6) is 0.613. The van der Waals surface area contributed by atoms with Gasteiger partial charge < -0.3 is 14.5 Å². The molecule has 18 heavy (non-hydrogen) atoms. The summed E-state index contributed by atoms with van der Waals surface area (Å²) in [7, 11) is -1.74. The third-order valence-electron chi connectivity index (χ3n) is 2.76. The molecule has 7 heteroatoms. The van der Waals surface area contributed by atoms with Crippen LogP contribution in [0.2, 0.25) is 0 Å². The Hall–Kier alpha value is -0.890. The van der Waals surface area contributed by atoms with Crippen LogP contribution in [0.1, 0.15) is 12.2 Å². The Labute approximate surface area is 107 Å². The van der Waals surface area contributed by atoms with Crippen LogP contribution < -0.4 is 5.32 Å². The maximum absolute atomic E-state index is 12.3. The largest absolute Gasteiger partial charge is 0.447 e. The Kier molecular flexibility index (Phi) is 4.39. The number of hydrogen-bond acceptors (Lipinski definition) is 5. The van der Waals surface area contributed by atoms with E-state index in [2.05, 4.69) is 5.32 Å². The summed E-state index contributed by atoms with van der Waals surface area (Å²) in [5.41, 5.74) is 0. The van der Waals surface area contributed by atoms with Gasteiger partial charge in [-0.15, -0.1) is 0 Å². The molecule has 0 amide bonds. The van der Waals surface area contributed by atoms with Crippen molar-refractivity contribution in [3.63, 3.8) is 0 Å². The van der Waals surface area contributed by atoms with E-state index in [0.29, 0.717) is 45.0 Å². The van der Waals surface area contributed by atoms with Crippen LogP contribution in [0, 0.1) is 0 Å². The van der Waals surface area contributed by atoms with Crippen molar-refractivity contribution >= 4 is 10.0 Å². The highest BCUT2D eigenvalue weighted by atomic mass is 32.2. The summed E-state index contributed by atoms with van der Waals surface area (Å²) >= 11 is 0. The van der Waals surface area contributed by atoms with Crippen LogP contribution >= 0.6 is 0 Å². The second-order valence-electron chi connectivity index (χ2n) is 4.12. The highest BCUT2D eigenvalue weighted by molar-refractivity contribution is 7.89. The van der Waals surface area contributed by atoms with E-state index in [1.165, 1.54) is 10.4 Å². The van der Waals surface area contributed by atoms with Crippen molar-refractivity contribution in [1.29, 1.82) is 0 Å². The molecule has 2 heterocycles. The molecule has 6 nitrogen and oxygen atoms in total. The lowest BCUT2D eigenvalue weighted by Crippen LogP contribution is -2.33. The van der Waals surface area contributed by atoms with Crippen molar-refractivity contribution in [3.05, 3.63) is 17.9 Å². The molecule has 0 aromatic carbocycles. The zero-order valence-electron chi connectivity index (χ0n) is 10.4. The highest BCUT2D eigenvalue weighted by Gasteiger charge is 2.28. The van der Waals surface area contributed by atoms with Crippen molar-refractivity contribution in [2.24, 2.45) is 0 Å². The molecule has 0 atom stereocenters. The fraction of sp³-hybridized carbons (Fsp3) is 0.636. The lowest BCUT2D eigenvalue weighted by molar-refractivity contribution is 0.148. The lowest BCUT2D eigenvalue weighted by atomic mass is 10.4. The molecule has 0 saturated carbocycles. The first-order valence-corrected chi connectivity index (χ1v) is 7.40. The van der Waals surface area contributed by atoms with Crippen LogP contribution in [0.5, 0.6) is 0 Å². The van der Waals surface area contributed by atoms with Gasteiger partial charge in [-0.25, -0.2) is 8.42 Å². The van der Waals surface area contributed by atoms with Gasteiger partial charge in [0.2, 0.25) is 5.09 Å². The molecular formula is C11H18N2O4S. The van der Waals surface area contributed by atoms with Gasteiger partial charge in [0.15, 0.2) is 0 Å². The Morgan fingerprint density at radius 1 is 1.33 bits per heavy atom. The summed E-state index contributed by atoms with van der Waals surface area (Å²) in [5, 5.41) is 2.93. The van der Waals surface area contributed by atoms with Gasteiger partial charge in [0.1, 0.15) is 5.76 Å². The van der Waals surface area contributed by atoms with Crippen LogP contribution in [0.25, 0.3) is 0 Å². The normalized spacial score (nSPS) is 18.7. The smallest absolute Gasteiger partial charge is 0.276 e.